The quantitative estimate of drug-likeness (QED) is 0.607. The highest BCUT2D eigenvalue weighted by atomic mass is 35.5. The van der Waals surface area contributed by atoms with Crippen molar-refractivity contribution in [3.05, 3.63) is 65.3 Å². The van der Waals surface area contributed by atoms with Gasteiger partial charge in [0, 0.05) is 74.8 Å². The number of nitrogens with one attached hydrogen (secondary N) is 2. The Kier molecular flexibility index (Phi) is 6.49. The molecule has 6 heteroatoms. The molecule has 2 saturated heterocycles. The third-order valence-corrected chi connectivity index (χ3v) is 7.02. The van der Waals surface area contributed by atoms with Gasteiger partial charge in [-0.1, -0.05) is 30.7 Å². The molecule has 5 nitrogen and oxygen atoms in total. The molecule has 3 aromatic rings. The van der Waals surface area contributed by atoms with Crippen molar-refractivity contribution in [1.82, 2.24) is 15.6 Å². The van der Waals surface area contributed by atoms with Crippen molar-refractivity contribution in [2.45, 2.75) is 25.9 Å². The topological polar surface area (TPSA) is 43.4 Å². The maximum atomic E-state index is 6.40. The predicted molar refractivity (Wildman–Crippen MR) is 135 cm³/mol. The van der Waals surface area contributed by atoms with Crippen molar-refractivity contribution in [1.29, 1.82) is 0 Å². The van der Waals surface area contributed by atoms with E-state index in [0.29, 0.717) is 17.0 Å². The molecule has 2 aliphatic heterocycles. The molecule has 0 aliphatic carbocycles. The first kappa shape index (κ1) is 21.5. The fraction of sp³-hybridized carbons (Fsp3) is 0.423. The van der Waals surface area contributed by atoms with Crippen molar-refractivity contribution < 1.29 is 0 Å². The van der Waals surface area contributed by atoms with Crippen LogP contribution in [-0.4, -0.2) is 50.3 Å². The highest BCUT2D eigenvalue weighted by Gasteiger charge is 2.26. The van der Waals surface area contributed by atoms with Gasteiger partial charge in [-0.05, 0) is 54.3 Å². The van der Waals surface area contributed by atoms with Gasteiger partial charge in [-0.2, -0.15) is 0 Å². The summed E-state index contributed by atoms with van der Waals surface area (Å²) >= 11 is 6.40. The van der Waals surface area contributed by atoms with E-state index in [-0.39, 0.29) is 0 Å². The first-order chi connectivity index (χ1) is 15.7. The Labute approximate surface area is 195 Å². The number of fused-ring (bicyclic) bond motifs is 1. The van der Waals surface area contributed by atoms with Gasteiger partial charge in [0.2, 0.25) is 0 Å². The van der Waals surface area contributed by atoms with Gasteiger partial charge >= 0.3 is 0 Å². The molecule has 0 amide bonds. The number of aromatic nitrogens is 1. The number of piperazine rings is 1. The van der Waals surface area contributed by atoms with Crippen LogP contribution in [0.2, 0.25) is 5.02 Å². The van der Waals surface area contributed by atoms with Crippen LogP contribution in [0.5, 0.6) is 0 Å². The lowest BCUT2D eigenvalue weighted by Crippen LogP contribution is -2.48. The van der Waals surface area contributed by atoms with Gasteiger partial charge < -0.3 is 20.4 Å². The van der Waals surface area contributed by atoms with E-state index in [0.717, 1.165) is 56.7 Å². The molecule has 3 heterocycles. The van der Waals surface area contributed by atoms with E-state index in [2.05, 4.69) is 68.7 Å². The van der Waals surface area contributed by atoms with Crippen LogP contribution in [0.4, 0.5) is 11.4 Å². The molecule has 2 fully saturated rings. The van der Waals surface area contributed by atoms with E-state index in [1.165, 1.54) is 23.4 Å². The molecule has 1 aromatic heterocycles. The summed E-state index contributed by atoms with van der Waals surface area (Å²) in [5, 5.41) is 9.09. The fourth-order valence-corrected chi connectivity index (χ4v) is 5.32. The third-order valence-electron chi connectivity index (χ3n) is 6.71. The van der Waals surface area contributed by atoms with Crippen LogP contribution < -0.4 is 20.4 Å². The molecule has 0 radical (unpaired) electrons. The van der Waals surface area contributed by atoms with Crippen molar-refractivity contribution in [3.8, 4) is 0 Å². The van der Waals surface area contributed by atoms with Crippen LogP contribution in [0, 0.1) is 5.92 Å². The Morgan fingerprint density at radius 1 is 1.03 bits per heavy atom. The van der Waals surface area contributed by atoms with Gasteiger partial charge in [0.25, 0.3) is 0 Å². The van der Waals surface area contributed by atoms with E-state index in [4.69, 9.17) is 11.6 Å². The second kappa shape index (κ2) is 9.65. The Morgan fingerprint density at radius 2 is 1.84 bits per heavy atom. The van der Waals surface area contributed by atoms with E-state index < -0.39 is 0 Å². The highest BCUT2D eigenvalue weighted by Crippen LogP contribution is 2.33. The molecule has 2 unspecified atom stereocenters. The van der Waals surface area contributed by atoms with Crippen molar-refractivity contribution in [3.63, 3.8) is 0 Å². The van der Waals surface area contributed by atoms with Crippen LogP contribution in [0.3, 0.4) is 0 Å². The second-order valence-corrected chi connectivity index (χ2v) is 9.60. The lowest BCUT2D eigenvalue weighted by Gasteiger charge is -2.39. The molecule has 2 N–H and O–H groups in total. The predicted octanol–water partition coefficient (Wildman–Crippen LogP) is 4.30. The van der Waals surface area contributed by atoms with Gasteiger partial charge in [-0.25, -0.2) is 0 Å². The lowest BCUT2D eigenvalue weighted by atomic mass is 9.94. The number of rotatable bonds is 5. The second-order valence-electron chi connectivity index (χ2n) is 9.19. The summed E-state index contributed by atoms with van der Waals surface area (Å²) < 4.78 is 0. The average molecular weight is 450 g/mol. The first-order valence-electron chi connectivity index (χ1n) is 11.7. The van der Waals surface area contributed by atoms with Gasteiger partial charge in [0.05, 0.1) is 10.5 Å². The molecule has 2 aliphatic rings. The minimum atomic E-state index is 0.453. The van der Waals surface area contributed by atoms with Gasteiger partial charge in [0.1, 0.15) is 0 Å². The van der Waals surface area contributed by atoms with Crippen molar-refractivity contribution >= 4 is 33.9 Å². The number of pyridine rings is 1. The van der Waals surface area contributed by atoms with E-state index >= 15 is 0 Å². The molecule has 32 heavy (non-hydrogen) atoms. The summed E-state index contributed by atoms with van der Waals surface area (Å²) in [5.74, 6) is 0.624. The van der Waals surface area contributed by atoms with Gasteiger partial charge in [-0.15, -0.1) is 0 Å². The smallest absolute Gasteiger partial charge is 0.0908 e. The largest absolute Gasteiger partial charge is 0.369 e. The fourth-order valence-electron chi connectivity index (χ4n) is 5.10. The molecule has 0 saturated carbocycles. The zero-order valence-electron chi connectivity index (χ0n) is 18.7. The van der Waals surface area contributed by atoms with Crippen LogP contribution in [-0.2, 0) is 6.54 Å². The summed E-state index contributed by atoms with van der Waals surface area (Å²) in [5.41, 5.74) is 4.79. The third kappa shape index (κ3) is 4.70. The molecule has 0 bridgehead atoms. The Balaban J connectivity index is 1.25. The summed E-state index contributed by atoms with van der Waals surface area (Å²) in [6.07, 6.45) is 3.01. The van der Waals surface area contributed by atoms with Crippen LogP contribution in [0.15, 0.2) is 54.7 Å². The number of halogens is 1. The standard InChI is InChI=1S/C26H32ClN5/c1-19-15-21(30-16-20-4-6-22(7-5-20)31-13-11-28-12-14-31)18-32(17-19)25-9-8-24(27)26-23(25)3-2-10-29-26/h2-10,19,21,28,30H,11-18H2,1H3. The summed E-state index contributed by atoms with van der Waals surface area (Å²) in [6.45, 7) is 9.61. The zero-order valence-corrected chi connectivity index (χ0v) is 19.5. The Bertz CT molecular complexity index is 1050. The van der Waals surface area contributed by atoms with E-state index in [9.17, 15) is 0 Å². The summed E-state index contributed by atoms with van der Waals surface area (Å²) in [4.78, 5) is 9.47. The summed E-state index contributed by atoms with van der Waals surface area (Å²) in [6, 6.07) is 17.8. The lowest BCUT2D eigenvalue weighted by molar-refractivity contribution is 0.350. The molecule has 2 atom stereocenters. The minimum Gasteiger partial charge on any atom is -0.369 e. The molecule has 5 rings (SSSR count). The zero-order chi connectivity index (χ0) is 21.9. The van der Waals surface area contributed by atoms with Crippen LogP contribution in [0.25, 0.3) is 10.9 Å². The van der Waals surface area contributed by atoms with Crippen LogP contribution >= 0.6 is 11.6 Å². The Hall–Kier alpha value is -2.34. The maximum absolute atomic E-state index is 6.40. The molecule has 0 spiro atoms. The number of anilines is 2. The van der Waals surface area contributed by atoms with E-state index in [1.54, 1.807) is 0 Å². The number of hydrogen-bond acceptors (Lipinski definition) is 5. The first-order valence-corrected chi connectivity index (χ1v) is 12.1. The van der Waals surface area contributed by atoms with E-state index in [1.807, 2.05) is 18.3 Å². The molecule has 2 aromatic carbocycles. The molecular weight excluding hydrogens is 418 g/mol. The molecular formula is C26H32ClN5. The van der Waals surface area contributed by atoms with Gasteiger partial charge in [-0.3, -0.25) is 4.98 Å². The molecule has 168 valence electrons. The van der Waals surface area contributed by atoms with Crippen molar-refractivity contribution in [2.24, 2.45) is 5.92 Å². The highest BCUT2D eigenvalue weighted by molar-refractivity contribution is 6.35. The SMILES string of the molecule is CC1CC(NCc2ccc(N3CCNCC3)cc2)CN(c2ccc(Cl)c3ncccc23)C1. The number of nitrogens with zero attached hydrogens (tertiary/aromatic N) is 3. The number of hydrogen-bond donors (Lipinski definition) is 2. The number of benzene rings is 2. The maximum Gasteiger partial charge on any atom is 0.0908 e. The Morgan fingerprint density at radius 3 is 2.66 bits per heavy atom. The van der Waals surface area contributed by atoms with Crippen LogP contribution in [0.1, 0.15) is 18.9 Å². The number of piperidine rings is 1. The average Bonchev–Trinajstić information content (AvgIpc) is 2.84. The summed E-state index contributed by atoms with van der Waals surface area (Å²) in [7, 11) is 0. The normalized spacial score (nSPS) is 21.8. The van der Waals surface area contributed by atoms with Crippen molar-refractivity contribution in [2.75, 3.05) is 49.1 Å². The monoisotopic (exact) mass is 449 g/mol. The van der Waals surface area contributed by atoms with Gasteiger partial charge in [0.15, 0.2) is 0 Å². The minimum absolute atomic E-state index is 0.453.